The number of H-pyrrole nitrogens is 1. The lowest BCUT2D eigenvalue weighted by molar-refractivity contribution is 0.258. The van der Waals surface area contributed by atoms with Crippen LogP contribution in [0.15, 0.2) is 38.4 Å². The van der Waals surface area contributed by atoms with E-state index in [9.17, 15) is 9.59 Å². The number of hydrogen-bond acceptors (Lipinski definition) is 4. The molecule has 2 rings (SSSR count). The number of rotatable bonds is 3. The minimum Gasteiger partial charge on any atom is -0.497 e. The van der Waals surface area contributed by atoms with Crippen LogP contribution in [0.25, 0.3) is 0 Å². The van der Waals surface area contributed by atoms with E-state index in [1.807, 2.05) is 4.98 Å². The van der Waals surface area contributed by atoms with Crippen LogP contribution in [0.3, 0.4) is 0 Å². The lowest BCUT2D eigenvalue weighted by Gasteiger charge is -2.01. The Morgan fingerprint density at radius 1 is 1.31 bits per heavy atom. The summed E-state index contributed by atoms with van der Waals surface area (Å²) in [5, 5.41) is 0. The van der Waals surface area contributed by atoms with E-state index in [1.165, 1.54) is 0 Å². The Hall–Kier alpha value is -2.24. The number of benzene rings is 1. The summed E-state index contributed by atoms with van der Waals surface area (Å²) >= 11 is 0. The molecule has 0 fully saturated rings. The number of aromatic nitrogens is 2. The quantitative estimate of drug-likeness (QED) is 0.804. The molecule has 0 atom stereocenters. The molecular formula is C10H10N2O4. The molecule has 16 heavy (non-hydrogen) atoms. The van der Waals surface area contributed by atoms with Gasteiger partial charge in [0.2, 0.25) is 0 Å². The van der Waals surface area contributed by atoms with E-state index in [0.717, 1.165) is 16.1 Å². The van der Waals surface area contributed by atoms with E-state index in [2.05, 4.69) is 4.52 Å². The smallest absolute Gasteiger partial charge is 0.440 e. The second kappa shape index (κ2) is 4.09. The van der Waals surface area contributed by atoms with Gasteiger partial charge in [0.25, 0.3) is 0 Å². The summed E-state index contributed by atoms with van der Waals surface area (Å²) in [7, 11) is 1.57. The highest BCUT2D eigenvalue weighted by Crippen LogP contribution is 2.11. The SMILES string of the molecule is COc1ccc(Cn2oc(=O)[nH]c2=O)cc1. The highest BCUT2D eigenvalue weighted by molar-refractivity contribution is 5.27. The van der Waals surface area contributed by atoms with E-state index in [-0.39, 0.29) is 6.54 Å². The lowest BCUT2D eigenvalue weighted by Crippen LogP contribution is -2.17. The van der Waals surface area contributed by atoms with Crippen LogP contribution >= 0.6 is 0 Å². The fourth-order valence-corrected chi connectivity index (χ4v) is 1.31. The Labute approximate surface area is 90.0 Å². The van der Waals surface area contributed by atoms with Gasteiger partial charge in [-0.2, -0.15) is 0 Å². The third-order valence-electron chi connectivity index (χ3n) is 2.11. The maximum absolute atomic E-state index is 11.2. The molecule has 1 aromatic heterocycles. The van der Waals surface area contributed by atoms with E-state index in [4.69, 9.17) is 4.74 Å². The maximum Gasteiger partial charge on any atom is 0.440 e. The van der Waals surface area contributed by atoms with Crippen LogP contribution in [0, 0.1) is 0 Å². The summed E-state index contributed by atoms with van der Waals surface area (Å²) in [5.74, 6) is -0.0230. The van der Waals surface area contributed by atoms with Gasteiger partial charge < -0.3 is 9.26 Å². The standard InChI is InChI=1S/C10H10N2O4/c1-15-8-4-2-7(3-5-8)6-12-9(13)11-10(14)16-12/h2-5H,6H2,1H3,(H,11,13,14). The van der Waals surface area contributed by atoms with Crippen molar-refractivity contribution < 1.29 is 9.26 Å². The second-order valence-corrected chi connectivity index (χ2v) is 3.19. The molecule has 0 aliphatic carbocycles. The molecule has 0 radical (unpaired) electrons. The first-order chi connectivity index (χ1) is 7.69. The molecule has 84 valence electrons. The molecule has 0 aliphatic rings. The number of nitrogens with zero attached hydrogens (tertiary/aromatic N) is 1. The van der Waals surface area contributed by atoms with Gasteiger partial charge in [0.15, 0.2) is 0 Å². The maximum atomic E-state index is 11.2. The van der Waals surface area contributed by atoms with E-state index in [0.29, 0.717) is 0 Å². The second-order valence-electron chi connectivity index (χ2n) is 3.19. The zero-order valence-corrected chi connectivity index (χ0v) is 8.60. The van der Waals surface area contributed by atoms with Crippen molar-refractivity contribution in [2.75, 3.05) is 7.11 Å². The van der Waals surface area contributed by atoms with Gasteiger partial charge in [-0.15, -0.1) is 4.74 Å². The zero-order valence-electron chi connectivity index (χ0n) is 8.60. The number of nitrogens with one attached hydrogen (secondary N) is 1. The topological polar surface area (TPSA) is 77.2 Å². The predicted molar refractivity (Wildman–Crippen MR) is 55.7 cm³/mol. The zero-order chi connectivity index (χ0) is 11.5. The summed E-state index contributed by atoms with van der Waals surface area (Å²) in [6.07, 6.45) is 0. The first-order valence-electron chi connectivity index (χ1n) is 4.62. The monoisotopic (exact) mass is 222 g/mol. The largest absolute Gasteiger partial charge is 0.497 e. The fraction of sp³-hybridized carbons (Fsp3) is 0.200. The van der Waals surface area contributed by atoms with Crippen LogP contribution in [0.4, 0.5) is 0 Å². The van der Waals surface area contributed by atoms with Crippen LogP contribution in [0.5, 0.6) is 5.75 Å². The molecule has 0 bridgehead atoms. The normalized spacial score (nSPS) is 10.3. The third kappa shape index (κ3) is 2.05. The minimum atomic E-state index is -0.751. The lowest BCUT2D eigenvalue weighted by atomic mass is 10.2. The first kappa shape index (κ1) is 10.3. The van der Waals surface area contributed by atoms with Crippen molar-refractivity contribution in [3.8, 4) is 5.75 Å². The molecule has 0 unspecified atom stereocenters. The predicted octanol–water partition coefficient (Wildman–Crippen LogP) is 0.186. The van der Waals surface area contributed by atoms with Crippen LogP contribution in [0.1, 0.15) is 5.56 Å². The van der Waals surface area contributed by atoms with Crippen LogP contribution in [-0.2, 0) is 6.54 Å². The average molecular weight is 222 g/mol. The van der Waals surface area contributed by atoms with E-state index < -0.39 is 11.4 Å². The van der Waals surface area contributed by atoms with Crippen molar-refractivity contribution in [3.05, 3.63) is 50.9 Å². The Kier molecular flexibility index (Phi) is 2.63. The van der Waals surface area contributed by atoms with Crippen molar-refractivity contribution in [1.29, 1.82) is 0 Å². The summed E-state index contributed by atoms with van der Waals surface area (Å²) in [6, 6.07) is 7.12. The summed E-state index contributed by atoms with van der Waals surface area (Å²) < 4.78 is 10.6. The summed E-state index contributed by atoms with van der Waals surface area (Å²) in [5.41, 5.74) is 0.284. The molecule has 0 spiro atoms. The summed E-state index contributed by atoms with van der Waals surface area (Å²) in [4.78, 5) is 23.9. The fourth-order valence-electron chi connectivity index (χ4n) is 1.31. The molecule has 6 nitrogen and oxygen atoms in total. The highest BCUT2D eigenvalue weighted by atomic mass is 16.5. The van der Waals surface area contributed by atoms with Crippen molar-refractivity contribution in [2.24, 2.45) is 0 Å². The number of methoxy groups -OCH3 is 1. The number of ether oxygens (including phenoxy) is 1. The van der Waals surface area contributed by atoms with Gasteiger partial charge in [0, 0.05) is 0 Å². The molecular weight excluding hydrogens is 212 g/mol. The van der Waals surface area contributed by atoms with Crippen LogP contribution in [-0.4, -0.2) is 16.8 Å². The van der Waals surface area contributed by atoms with Gasteiger partial charge in [0.05, 0.1) is 13.7 Å². The first-order valence-corrected chi connectivity index (χ1v) is 4.62. The molecule has 0 amide bonds. The van der Waals surface area contributed by atoms with E-state index in [1.54, 1.807) is 31.4 Å². The molecule has 0 saturated carbocycles. The van der Waals surface area contributed by atoms with Gasteiger partial charge in [0.1, 0.15) is 5.75 Å². The average Bonchev–Trinajstić information content (AvgIpc) is 2.59. The molecule has 6 heteroatoms. The third-order valence-corrected chi connectivity index (χ3v) is 2.11. The molecule has 0 saturated heterocycles. The highest BCUT2D eigenvalue weighted by Gasteiger charge is 2.03. The summed E-state index contributed by atoms with van der Waals surface area (Å²) in [6.45, 7) is 0.210. The molecule has 0 aliphatic heterocycles. The van der Waals surface area contributed by atoms with Crippen molar-refractivity contribution in [2.45, 2.75) is 6.54 Å². The van der Waals surface area contributed by atoms with Crippen molar-refractivity contribution in [3.63, 3.8) is 0 Å². The Bertz CT molecular complexity index is 576. The van der Waals surface area contributed by atoms with E-state index >= 15 is 0 Å². The van der Waals surface area contributed by atoms with Crippen LogP contribution in [0.2, 0.25) is 0 Å². The van der Waals surface area contributed by atoms with Gasteiger partial charge >= 0.3 is 11.4 Å². The molecule has 2 aromatic rings. The number of hydrogen-bond donors (Lipinski definition) is 1. The Morgan fingerprint density at radius 3 is 2.50 bits per heavy atom. The Balaban J connectivity index is 2.23. The van der Waals surface area contributed by atoms with Crippen LogP contribution < -0.4 is 16.2 Å². The number of aromatic amines is 1. The molecule has 1 heterocycles. The van der Waals surface area contributed by atoms with Gasteiger partial charge in [-0.1, -0.05) is 12.1 Å². The minimum absolute atomic E-state index is 0.210. The van der Waals surface area contributed by atoms with Crippen molar-refractivity contribution >= 4 is 0 Å². The van der Waals surface area contributed by atoms with Gasteiger partial charge in [-0.25, -0.2) is 14.6 Å². The molecule has 1 N–H and O–H groups in total. The Morgan fingerprint density at radius 2 is 2.00 bits per heavy atom. The van der Waals surface area contributed by atoms with Gasteiger partial charge in [-0.3, -0.25) is 0 Å². The molecule has 1 aromatic carbocycles. The van der Waals surface area contributed by atoms with Crippen molar-refractivity contribution in [1.82, 2.24) is 9.72 Å². The van der Waals surface area contributed by atoms with Gasteiger partial charge in [-0.05, 0) is 17.7 Å².